The lowest BCUT2D eigenvalue weighted by atomic mass is 10.1. The highest BCUT2D eigenvalue weighted by molar-refractivity contribution is 5.93. The number of nitrogens with zero attached hydrogens (tertiary/aromatic N) is 1. The van der Waals surface area contributed by atoms with Crippen molar-refractivity contribution in [3.05, 3.63) is 40.2 Å². The van der Waals surface area contributed by atoms with Crippen LogP contribution in [0.1, 0.15) is 108 Å². The number of carboxylic acid groups (broad SMARTS) is 2. The van der Waals surface area contributed by atoms with Crippen molar-refractivity contribution in [2.24, 2.45) is 0 Å². The zero-order valence-electron chi connectivity index (χ0n) is 33.0. The van der Waals surface area contributed by atoms with Crippen molar-refractivity contribution in [2.75, 3.05) is 57.9 Å². The maximum Gasteiger partial charge on any atom is 0.417 e. The number of alkyl halides is 3. The van der Waals surface area contributed by atoms with Gasteiger partial charge < -0.3 is 34.7 Å². The van der Waals surface area contributed by atoms with Gasteiger partial charge in [0, 0.05) is 62.0 Å². The second-order valence-electron chi connectivity index (χ2n) is 13.7. The number of aliphatic carboxylic acids is 2. The molecule has 0 saturated carbocycles. The first-order chi connectivity index (χ1) is 27.8. The van der Waals surface area contributed by atoms with E-state index in [9.17, 15) is 37.1 Å². The Morgan fingerprint density at radius 1 is 0.707 bits per heavy atom. The van der Waals surface area contributed by atoms with Gasteiger partial charge in [-0.05, 0) is 49.7 Å². The topological polar surface area (TPSA) is 185 Å². The number of ether oxygens (including phenoxy) is 2. The average molecular weight is 820 g/mol. The Hall–Kier alpha value is -4.90. The van der Waals surface area contributed by atoms with Crippen LogP contribution in [0.15, 0.2) is 33.5 Å². The Morgan fingerprint density at radius 2 is 1.24 bits per heavy atom. The molecule has 320 valence electrons. The van der Waals surface area contributed by atoms with Crippen LogP contribution in [0.2, 0.25) is 0 Å². The molecule has 2 rings (SSSR count). The van der Waals surface area contributed by atoms with Crippen molar-refractivity contribution < 1.29 is 56.5 Å². The van der Waals surface area contributed by atoms with E-state index in [1.54, 1.807) is 0 Å². The lowest BCUT2D eigenvalue weighted by Crippen LogP contribution is -2.37. The number of halogens is 3. The van der Waals surface area contributed by atoms with Crippen LogP contribution in [-0.4, -0.2) is 91.5 Å². The molecular weight excluding hydrogens is 763 g/mol. The number of hydrogen-bond acceptors (Lipinski definition) is 9. The molecule has 0 fully saturated rings. The Bertz CT molecular complexity index is 1740. The van der Waals surface area contributed by atoms with E-state index >= 15 is 0 Å². The van der Waals surface area contributed by atoms with Crippen LogP contribution in [0.3, 0.4) is 0 Å². The van der Waals surface area contributed by atoms with Crippen LogP contribution in [0.4, 0.5) is 18.9 Å². The number of amides is 2. The lowest BCUT2D eigenvalue weighted by molar-refractivity contribution is -0.142. The second kappa shape index (κ2) is 29.3. The summed E-state index contributed by atoms with van der Waals surface area (Å²) in [6.45, 7) is 0.943. The van der Waals surface area contributed by atoms with Gasteiger partial charge in [-0.1, -0.05) is 63.2 Å². The van der Waals surface area contributed by atoms with Crippen LogP contribution < -0.4 is 16.3 Å². The fraction of sp³-hybridized carbons (Fsp3) is 0.595. The van der Waals surface area contributed by atoms with Gasteiger partial charge in [-0.15, -0.1) is 0 Å². The zero-order chi connectivity index (χ0) is 42.4. The predicted molar refractivity (Wildman–Crippen MR) is 212 cm³/mol. The number of nitrogens with one attached hydrogen (secondary N) is 2. The standard InChI is InChI=1S/C42H56F3N3O10/c43-42(44,45)35-30-41(55)58-36-29-33(21-22-34(35)36)47-38(50)20-18-16-14-12-10-8-6-4-2-1-3-5-7-9-11-13-15-17-19-37(49)46-23-25-56-27-28-57-26-24-48(31-39(51)52)32-40(53)54/h21-22,29-30H,5-20,23-28,31-32H2,(H,46,49)(H,47,50)(H,51,52)(H,53,54). The summed E-state index contributed by atoms with van der Waals surface area (Å²) in [7, 11) is 0. The number of rotatable bonds is 30. The second-order valence-corrected chi connectivity index (χ2v) is 13.7. The number of carbonyl (C=O) groups excluding carboxylic acids is 2. The number of anilines is 1. The highest BCUT2D eigenvalue weighted by atomic mass is 19.4. The van der Waals surface area contributed by atoms with Gasteiger partial charge in [0.25, 0.3) is 0 Å². The minimum absolute atomic E-state index is 0.00984. The molecular formula is C42H56F3N3O10. The van der Waals surface area contributed by atoms with E-state index < -0.39 is 29.3 Å². The van der Waals surface area contributed by atoms with E-state index in [2.05, 4.69) is 34.3 Å². The lowest BCUT2D eigenvalue weighted by Gasteiger charge is -2.17. The van der Waals surface area contributed by atoms with Crippen molar-refractivity contribution >= 4 is 40.4 Å². The maximum atomic E-state index is 13.2. The molecule has 1 heterocycles. The average Bonchev–Trinajstić information content (AvgIpc) is 3.15. The third-order valence-electron chi connectivity index (χ3n) is 8.69. The third-order valence-corrected chi connectivity index (χ3v) is 8.69. The maximum absolute atomic E-state index is 13.2. The largest absolute Gasteiger partial charge is 0.480 e. The third kappa shape index (κ3) is 24.0. The predicted octanol–water partition coefficient (Wildman–Crippen LogP) is 6.62. The molecule has 0 aliphatic heterocycles. The Kier molecular flexibility index (Phi) is 24.9. The minimum Gasteiger partial charge on any atom is -0.480 e. The monoisotopic (exact) mass is 819 g/mol. The molecule has 0 atom stereocenters. The molecule has 1 aromatic carbocycles. The van der Waals surface area contributed by atoms with Gasteiger partial charge >= 0.3 is 23.7 Å². The molecule has 13 nitrogen and oxygen atoms in total. The summed E-state index contributed by atoms with van der Waals surface area (Å²) in [6, 6.07) is 4.18. The van der Waals surface area contributed by atoms with E-state index in [-0.39, 0.29) is 67.7 Å². The van der Waals surface area contributed by atoms with Gasteiger partial charge in [0.05, 0.1) is 45.1 Å². The first kappa shape index (κ1) is 49.2. The normalized spacial score (nSPS) is 11.1. The molecule has 16 heteroatoms. The molecule has 2 amide bonds. The molecule has 0 aliphatic carbocycles. The molecule has 0 unspecified atom stereocenters. The molecule has 0 aliphatic rings. The smallest absolute Gasteiger partial charge is 0.417 e. The van der Waals surface area contributed by atoms with Gasteiger partial charge in [0.15, 0.2) is 0 Å². The Labute approximate surface area is 337 Å². The van der Waals surface area contributed by atoms with E-state index in [1.807, 2.05) is 0 Å². The first-order valence-electron chi connectivity index (χ1n) is 19.8. The number of carboxylic acids is 2. The van der Waals surface area contributed by atoms with Crippen LogP contribution >= 0.6 is 0 Å². The Morgan fingerprint density at radius 3 is 1.81 bits per heavy atom. The number of hydrogen-bond donors (Lipinski definition) is 4. The highest BCUT2D eigenvalue weighted by Crippen LogP contribution is 2.34. The highest BCUT2D eigenvalue weighted by Gasteiger charge is 2.33. The molecule has 4 N–H and O–H groups in total. The van der Waals surface area contributed by atoms with Crippen LogP contribution in [-0.2, 0) is 34.8 Å². The van der Waals surface area contributed by atoms with E-state index in [0.717, 1.165) is 83.5 Å². The minimum atomic E-state index is -4.70. The van der Waals surface area contributed by atoms with Crippen molar-refractivity contribution in [3.8, 4) is 23.7 Å². The summed E-state index contributed by atoms with van der Waals surface area (Å²) >= 11 is 0. The van der Waals surface area contributed by atoms with Crippen molar-refractivity contribution in [1.29, 1.82) is 0 Å². The molecule has 0 saturated heterocycles. The fourth-order valence-corrected chi connectivity index (χ4v) is 5.79. The molecule has 0 radical (unpaired) electrons. The zero-order valence-corrected chi connectivity index (χ0v) is 33.0. The number of carbonyl (C=O) groups is 4. The van der Waals surface area contributed by atoms with E-state index in [0.29, 0.717) is 38.7 Å². The summed E-state index contributed by atoms with van der Waals surface area (Å²) in [5.41, 5.74) is -2.16. The molecule has 0 spiro atoms. The van der Waals surface area contributed by atoms with Gasteiger partial charge in [-0.25, -0.2) is 4.79 Å². The number of unbranched alkanes of at least 4 members (excludes halogenated alkanes) is 12. The fourth-order valence-electron chi connectivity index (χ4n) is 5.79. The summed E-state index contributed by atoms with van der Waals surface area (Å²) in [6.07, 6.45) is 9.33. The summed E-state index contributed by atoms with van der Waals surface area (Å²) in [4.78, 5) is 58.7. The number of fused-ring (bicyclic) bond motifs is 1. The van der Waals surface area contributed by atoms with Crippen LogP contribution in [0.5, 0.6) is 0 Å². The summed E-state index contributed by atoms with van der Waals surface area (Å²) < 4.78 is 55.3. The van der Waals surface area contributed by atoms with E-state index in [1.165, 1.54) is 23.1 Å². The van der Waals surface area contributed by atoms with E-state index in [4.69, 9.17) is 24.1 Å². The molecule has 58 heavy (non-hydrogen) atoms. The molecule has 0 bridgehead atoms. The van der Waals surface area contributed by atoms with Crippen LogP contribution in [0, 0.1) is 23.7 Å². The number of benzene rings is 1. The molecule has 1 aromatic heterocycles. The summed E-state index contributed by atoms with van der Waals surface area (Å²) in [5, 5.41) is 22.9. The van der Waals surface area contributed by atoms with Crippen molar-refractivity contribution in [2.45, 2.75) is 109 Å². The van der Waals surface area contributed by atoms with Gasteiger partial charge in [-0.2, -0.15) is 13.2 Å². The van der Waals surface area contributed by atoms with Gasteiger partial charge in [-0.3, -0.25) is 24.1 Å². The van der Waals surface area contributed by atoms with Crippen molar-refractivity contribution in [3.63, 3.8) is 0 Å². The van der Waals surface area contributed by atoms with Crippen LogP contribution in [0.25, 0.3) is 11.0 Å². The molecule has 2 aromatic rings. The van der Waals surface area contributed by atoms with Crippen molar-refractivity contribution in [1.82, 2.24) is 10.2 Å². The SMILES string of the molecule is O=C(O)CN(CCOCCOCCNC(=O)CCCCCCCCC#CC#CCCCCCCCCC(=O)Nc1ccc2c(C(F)(F)F)cc(=O)oc2c1)CC(=O)O. The summed E-state index contributed by atoms with van der Waals surface area (Å²) in [5.74, 6) is 9.55. The Balaban J connectivity index is 1.35. The van der Waals surface area contributed by atoms with Gasteiger partial charge in [0.2, 0.25) is 11.8 Å². The first-order valence-corrected chi connectivity index (χ1v) is 19.8. The van der Waals surface area contributed by atoms with Gasteiger partial charge in [0.1, 0.15) is 5.58 Å². The quantitative estimate of drug-likeness (QED) is 0.0378.